The maximum atomic E-state index is 11.7. The molecule has 152 valence electrons. The van der Waals surface area contributed by atoms with E-state index in [1.807, 2.05) is 31.2 Å². The molecule has 1 aromatic rings. The Bertz CT molecular complexity index is 596. The van der Waals surface area contributed by atoms with Gasteiger partial charge in [0.1, 0.15) is 0 Å². The first-order valence-corrected chi connectivity index (χ1v) is 10.0. The predicted octanol–water partition coefficient (Wildman–Crippen LogP) is 2.48. The molecule has 0 spiro atoms. The number of nitrogens with zero attached hydrogens (tertiary/aromatic N) is 1. The van der Waals surface area contributed by atoms with Gasteiger partial charge in [-0.15, -0.1) is 0 Å². The predicted molar refractivity (Wildman–Crippen MR) is 112 cm³/mol. The van der Waals surface area contributed by atoms with E-state index in [0.29, 0.717) is 24.6 Å². The largest absolute Gasteiger partial charge is 0.388 e. The highest BCUT2D eigenvalue weighted by Crippen LogP contribution is 2.19. The molecule has 27 heavy (non-hydrogen) atoms. The topological polar surface area (TPSA) is 85.8 Å². The van der Waals surface area contributed by atoms with Crippen LogP contribution in [-0.4, -0.2) is 49.3 Å². The average Bonchev–Trinajstić information content (AvgIpc) is 2.66. The van der Waals surface area contributed by atoms with Crippen molar-refractivity contribution in [3.8, 4) is 0 Å². The van der Waals surface area contributed by atoms with Crippen LogP contribution in [0.5, 0.6) is 0 Å². The number of rotatable bonds is 11. The first-order chi connectivity index (χ1) is 13.0. The van der Waals surface area contributed by atoms with E-state index in [9.17, 15) is 9.90 Å². The van der Waals surface area contributed by atoms with Crippen molar-refractivity contribution in [1.82, 2.24) is 16.0 Å². The Labute approximate surface area is 163 Å². The van der Waals surface area contributed by atoms with Crippen molar-refractivity contribution in [2.75, 3.05) is 26.7 Å². The molecule has 0 heterocycles. The second-order valence-corrected chi connectivity index (χ2v) is 6.88. The normalized spacial score (nSPS) is 12.0. The minimum Gasteiger partial charge on any atom is -0.388 e. The van der Waals surface area contributed by atoms with Gasteiger partial charge in [0.25, 0.3) is 5.91 Å². The fraction of sp³-hybridized carbons (Fsp3) is 0.619. The Morgan fingerprint density at radius 1 is 1.15 bits per heavy atom. The van der Waals surface area contributed by atoms with Crippen LogP contribution in [0.15, 0.2) is 29.3 Å². The maximum absolute atomic E-state index is 11.7. The van der Waals surface area contributed by atoms with Crippen molar-refractivity contribution in [3.05, 3.63) is 35.4 Å². The van der Waals surface area contributed by atoms with Crippen LogP contribution in [0.25, 0.3) is 0 Å². The molecule has 1 aromatic carbocycles. The quantitative estimate of drug-likeness (QED) is 0.353. The van der Waals surface area contributed by atoms with E-state index in [4.69, 9.17) is 0 Å². The molecule has 1 amide bonds. The number of guanidine groups is 1. The third kappa shape index (κ3) is 8.43. The molecule has 4 N–H and O–H groups in total. The standard InChI is InChI=1S/C21H36N4O2/c1-5-12-21(27,13-6-2)16-25-20(23-7-3)24-14-11-17-9-8-10-18(15-17)19(26)22-4/h8-10,15,27H,5-7,11-14,16H2,1-4H3,(H,22,26)(H2,23,24,25). The van der Waals surface area contributed by atoms with Gasteiger partial charge in [-0.1, -0.05) is 38.8 Å². The number of aliphatic hydroxyl groups is 1. The number of nitrogens with one attached hydrogen (secondary N) is 3. The molecule has 0 radical (unpaired) electrons. The lowest BCUT2D eigenvalue weighted by Gasteiger charge is -2.26. The monoisotopic (exact) mass is 376 g/mol. The lowest BCUT2D eigenvalue weighted by molar-refractivity contribution is 0.0306. The van der Waals surface area contributed by atoms with Crippen molar-refractivity contribution in [1.29, 1.82) is 0 Å². The van der Waals surface area contributed by atoms with Gasteiger partial charge in [0.05, 0.1) is 12.1 Å². The van der Waals surface area contributed by atoms with E-state index in [0.717, 1.165) is 44.2 Å². The average molecular weight is 377 g/mol. The number of benzene rings is 1. The van der Waals surface area contributed by atoms with Gasteiger partial charge in [0.15, 0.2) is 5.96 Å². The number of amides is 1. The fourth-order valence-corrected chi connectivity index (χ4v) is 3.12. The highest BCUT2D eigenvalue weighted by Gasteiger charge is 2.24. The summed E-state index contributed by atoms with van der Waals surface area (Å²) < 4.78 is 0. The molecule has 6 nitrogen and oxygen atoms in total. The molecule has 0 aliphatic carbocycles. The Kier molecular flexibility index (Phi) is 10.5. The molecule has 0 aromatic heterocycles. The molecule has 0 unspecified atom stereocenters. The summed E-state index contributed by atoms with van der Waals surface area (Å²) in [5.74, 6) is 0.636. The van der Waals surface area contributed by atoms with Gasteiger partial charge in [-0.2, -0.15) is 0 Å². The van der Waals surface area contributed by atoms with Gasteiger partial charge in [0.2, 0.25) is 0 Å². The highest BCUT2D eigenvalue weighted by molar-refractivity contribution is 5.94. The molecule has 0 bridgehead atoms. The van der Waals surface area contributed by atoms with Crippen LogP contribution >= 0.6 is 0 Å². The Morgan fingerprint density at radius 2 is 1.85 bits per heavy atom. The summed E-state index contributed by atoms with van der Waals surface area (Å²) in [4.78, 5) is 16.3. The summed E-state index contributed by atoms with van der Waals surface area (Å²) in [5.41, 5.74) is 1.03. The smallest absolute Gasteiger partial charge is 0.251 e. The number of carbonyl (C=O) groups excluding carboxylic acids is 1. The van der Waals surface area contributed by atoms with Crippen LogP contribution in [-0.2, 0) is 6.42 Å². The van der Waals surface area contributed by atoms with Crippen LogP contribution in [0.4, 0.5) is 0 Å². The number of hydrogen-bond acceptors (Lipinski definition) is 3. The summed E-state index contributed by atoms with van der Waals surface area (Å²) in [6, 6.07) is 7.63. The summed E-state index contributed by atoms with van der Waals surface area (Å²) in [5, 5.41) is 19.9. The zero-order chi connectivity index (χ0) is 20.1. The van der Waals surface area contributed by atoms with Gasteiger partial charge >= 0.3 is 0 Å². The highest BCUT2D eigenvalue weighted by atomic mass is 16.3. The fourth-order valence-electron chi connectivity index (χ4n) is 3.12. The van der Waals surface area contributed by atoms with Gasteiger partial charge < -0.3 is 21.1 Å². The molecule has 1 rings (SSSR count). The van der Waals surface area contributed by atoms with Crippen molar-refractivity contribution < 1.29 is 9.90 Å². The number of aliphatic imine (C=N–C) groups is 1. The van der Waals surface area contributed by atoms with Gasteiger partial charge in [-0.3, -0.25) is 9.79 Å². The Hall–Kier alpha value is -2.08. The molecule has 0 fully saturated rings. The molecule has 0 aliphatic heterocycles. The summed E-state index contributed by atoms with van der Waals surface area (Å²) in [6.45, 7) is 8.05. The number of hydrogen-bond donors (Lipinski definition) is 4. The first-order valence-electron chi connectivity index (χ1n) is 10.0. The number of carbonyl (C=O) groups is 1. The van der Waals surface area contributed by atoms with Crippen molar-refractivity contribution in [2.24, 2.45) is 4.99 Å². The van der Waals surface area contributed by atoms with Crippen LogP contribution in [0, 0.1) is 0 Å². The van der Waals surface area contributed by atoms with E-state index < -0.39 is 5.60 Å². The summed E-state index contributed by atoms with van der Waals surface area (Å²) in [6.07, 6.45) is 4.19. The second kappa shape index (κ2) is 12.3. The molecular weight excluding hydrogens is 340 g/mol. The Morgan fingerprint density at radius 3 is 2.44 bits per heavy atom. The molecule has 0 saturated heterocycles. The van der Waals surface area contributed by atoms with Crippen LogP contribution in [0.1, 0.15) is 62.4 Å². The first kappa shape index (κ1) is 23.0. The van der Waals surface area contributed by atoms with Gasteiger partial charge in [-0.05, 0) is 43.9 Å². The molecular formula is C21H36N4O2. The lowest BCUT2D eigenvalue weighted by atomic mass is 9.93. The summed E-state index contributed by atoms with van der Waals surface area (Å²) in [7, 11) is 1.63. The molecule has 0 saturated carbocycles. The van der Waals surface area contributed by atoms with Crippen molar-refractivity contribution in [2.45, 2.75) is 58.5 Å². The zero-order valence-electron chi connectivity index (χ0n) is 17.3. The van der Waals surface area contributed by atoms with Crippen molar-refractivity contribution in [3.63, 3.8) is 0 Å². The third-order valence-corrected chi connectivity index (χ3v) is 4.43. The van der Waals surface area contributed by atoms with Gasteiger partial charge in [0, 0.05) is 25.7 Å². The third-order valence-electron chi connectivity index (χ3n) is 4.43. The van der Waals surface area contributed by atoms with Crippen LogP contribution in [0.2, 0.25) is 0 Å². The lowest BCUT2D eigenvalue weighted by Crippen LogP contribution is -2.40. The van der Waals surface area contributed by atoms with E-state index in [2.05, 4.69) is 34.8 Å². The van der Waals surface area contributed by atoms with Crippen LogP contribution in [0.3, 0.4) is 0 Å². The van der Waals surface area contributed by atoms with Gasteiger partial charge in [-0.25, -0.2) is 0 Å². The van der Waals surface area contributed by atoms with E-state index in [1.165, 1.54) is 0 Å². The van der Waals surface area contributed by atoms with Crippen molar-refractivity contribution >= 4 is 11.9 Å². The minimum atomic E-state index is -0.728. The SMILES string of the molecule is CCCC(O)(CCC)CN=C(NCC)NCCc1cccc(C(=O)NC)c1. The molecule has 0 aliphatic rings. The molecule has 6 heteroatoms. The van der Waals surface area contributed by atoms with E-state index in [-0.39, 0.29) is 5.91 Å². The van der Waals surface area contributed by atoms with E-state index in [1.54, 1.807) is 7.05 Å². The maximum Gasteiger partial charge on any atom is 0.251 e. The summed E-state index contributed by atoms with van der Waals surface area (Å²) >= 11 is 0. The minimum absolute atomic E-state index is 0.0779. The second-order valence-electron chi connectivity index (χ2n) is 6.88. The molecule has 0 atom stereocenters. The zero-order valence-corrected chi connectivity index (χ0v) is 17.3. The van der Waals surface area contributed by atoms with E-state index >= 15 is 0 Å². The Balaban J connectivity index is 2.65. The van der Waals surface area contributed by atoms with Crippen LogP contribution < -0.4 is 16.0 Å².